The highest BCUT2D eigenvalue weighted by Gasteiger charge is 2.08. The Labute approximate surface area is 80.8 Å². The maximum absolute atomic E-state index is 10.6. The molecule has 6 heteroatoms. The lowest BCUT2D eigenvalue weighted by molar-refractivity contribution is 0.0690. The number of carbonyl (C=O) groups is 1. The fraction of sp³-hybridized carbons (Fsp3) is 0.375. The number of aromatic nitrogens is 2. The minimum atomic E-state index is -1.09. The summed E-state index contributed by atoms with van der Waals surface area (Å²) >= 11 is 0. The van der Waals surface area contributed by atoms with E-state index in [1.54, 1.807) is 11.9 Å². The molecule has 0 fully saturated rings. The Kier molecular flexibility index (Phi) is 3.35. The van der Waals surface area contributed by atoms with Crippen molar-refractivity contribution in [3.05, 3.63) is 18.1 Å². The third-order valence-electron chi connectivity index (χ3n) is 1.70. The van der Waals surface area contributed by atoms with Crippen LogP contribution in [0.25, 0.3) is 0 Å². The molecule has 0 aromatic carbocycles. The normalized spacial score (nSPS) is 9.86. The number of aliphatic hydroxyl groups is 1. The summed E-state index contributed by atoms with van der Waals surface area (Å²) < 4.78 is 0. The number of aliphatic hydroxyl groups excluding tert-OH is 1. The minimum absolute atomic E-state index is 0.0110. The van der Waals surface area contributed by atoms with Crippen molar-refractivity contribution in [2.75, 3.05) is 25.1 Å². The molecule has 76 valence electrons. The summed E-state index contributed by atoms with van der Waals surface area (Å²) in [6.07, 6.45) is 1.19. The number of hydrogen-bond acceptors (Lipinski definition) is 5. The van der Waals surface area contributed by atoms with Crippen LogP contribution >= 0.6 is 0 Å². The van der Waals surface area contributed by atoms with Gasteiger partial charge in [-0.25, -0.2) is 14.8 Å². The van der Waals surface area contributed by atoms with Gasteiger partial charge in [-0.05, 0) is 0 Å². The van der Waals surface area contributed by atoms with Gasteiger partial charge in [0, 0.05) is 19.7 Å². The first-order valence-corrected chi connectivity index (χ1v) is 4.02. The van der Waals surface area contributed by atoms with Gasteiger partial charge in [-0.2, -0.15) is 0 Å². The summed E-state index contributed by atoms with van der Waals surface area (Å²) in [4.78, 5) is 19.7. The summed E-state index contributed by atoms with van der Waals surface area (Å²) in [5.41, 5.74) is -0.0558. The molecule has 14 heavy (non-hydrogen) atoms. The molecule has 0 aliphatic rings. The number of rotatable bonds is 4. The Morgan fingerprint density at radius 2 is 2.29 bits per heavy atom. The average molecular weight is 197 g/mol. The second-order valence-electron chi connectivity index (χ2n) is 2.71. The number of likely N-dealkylation sites (N-methyl/N-ethyl adjacent to an activating group) is 1. The quantitative estimate of drug-likeness (QED) is 0.683. The first kappa shape index (κ1) is 10.4. The number of aromatic carboxylic acids is 1. The van der Waals surface area contributed by atoms with Crippen molar-refractivity contribution in [2.45, 2.75) is 0 Å². The molecule has 0 amide bonds. The smallest absolute Gasteiger partial charge is 0.354 e. The van der Waals surface area contributed by atoms with Crippen molar-refractivity contribution in [1.29, 1.82) is 0 Å². The van der Waals surface area contributed by atoms with E-state index in [4.69, 9.17) is 10.2 Å². The second kappa shape index (κ2) is 4.52. The van der Waals surface area contributed by atoms with Gasteiger partial charge in [0.1, 0.15) is 12.1 Å². The molecule has 0 aliphatic heterocycles. The van der Waals surface area contributed by atoms with Crippen LogP contribution in [0, 0.1) is 0 Å². The minimum Gasteiger partial charge on any atom is -0.477 e. The maximum atomic E-state index is 10.6. The first-order valence-electron chi connectivity index (χ1n) is 4.02. The average Bonchev–Trinajstić information content (AvgIpc) is 2.18. The summed E-state index contributed by atoms with van der Waals surface area (Å²) in [7, 11) is 1.71. The molecule has 0 aliphatic carbocycles. The molecular weight excluding hydrogens is 186 g/mol. The highest BCUT2D eigenvalue weighted by Crippen LogP contribution is 2.08. The second-order valence-corrected chi connectivity index (χ2v) is 2.71. The Balaban J connectivity index is 2.87. The predicted octanol–water partition coefficient (Wildman–Crippen LogP) is -0.397. The molecule has 0 spiro atoms. The van der Waals surface area contributed by atoms with E-state index in [1.165, 1.54) is 12.4 Å². The van der Waals surface area contributed by atoms with Crippen molar-refractivity contribution in [3.63, 3.8) is 0 Å². The zero-order chi connectivity index (χ0) is 10.6. The molecule has 0 radical (unpaired) electrons. The summed E-state index contributed by atoms with van der Waals surface area (Å²) in [6.45, 7) is 0.388. The van der Waals surface area contributed by atoms with Gasteiger partial charge in [-0.1, -0.05) is 0 Å². The number of nitrogens with zero attached hydrogens (tertiary/aromatic N) is 3. The Morgan fingerprint density at radius 3 is 2.86 bits per heavy atom. The van der Waals surface area contributed by atoms with Crippen LogP contribution in [0.3, 0.4) is 0 Å². The third-order valence-corrected chi connectivity index (χ3v) is 1.70. The summed E-state index contributed by atoms with van der Waals surface area (Å²) in [6, 6.07) is 1.36. The Bertz CT molecular complexity index is 329. The van der Waals surface area contributed by atoms with Crippen LogP contribution in [-0.4, -0.2) is 46.3 Å². The van der Waals surface area contributed by atoms with E-state index in [0.717, 1.165) is 0 Å². The van der Waals surface area contributed by atoms with E-state index in [2.05, 4.69) is 9.97 Å². The van der Waals surface area contributed by atoms with E-state index < -0.39 is 5.97 Å². The molecule has 0 atom stereocenters. The largest absolute Gasteiger partial charge is 0.477 e. The van der Waals surface area contributed by atoms with Crippen molar-refractivity contribution < 1.29 is 15.0 Å². The molecule has 1 rings (SSSR count). The van der Waals surface area contributed by atoms with Gasteiger partial charge in [-0.3, -0.25) is 0 Å². The molecule has 0 bridgehead atoms. The van der Waals surface area contributed by atoms with Gasteiger partial charge in [0.25, 0.3) is 0 Å². The fourth-order valence-corrected chi connectivity index (χ4v) is 0.937. The molecule has 1 aromatic rings. The molecule has 6 nitrogen and oxygen atoms in total. The van der Waals surface area contributed by atoms with Gasteiger partial charge in [-0.15, -0.1) is 0 Å². The topological polar surface area (TPSA) is 86.5 Å². The molecule has 1 aromatic heterocycles. The van der Waals surface area contributed by atoms with Crippen LogP contribution < -0.4 is 4.90 Å². The zero-order valence-electron chi connectivity index (χ0n) is 7.71. The predicted molar refractivity (Wildman–Crippen MR) is 49.3 cm³/mol. The van der Waals surface area contributed by atoms with Crippen LogP contribution in [0.4, 0.5) is 5.82 Å². The van der Waals surface area contributed by atoms with Crippen LogP contribution in [0.2, 0.25) is 0 Å². The fourth-order valence-electron chi connectivity index (χ4n) is 0.937. The molecule has 2 N–H and O–H groups in total. The molecule has 0 saturated carbocycles. The van der Waals surface area contributed by atoms with Gasteiger partial charge in [0.2, 0.25) is 0 Å². The molecule has 0 unspecified atom stereocenters. The molecular formula is C8H11N3O3. The molecule has 0 saturated heterocycles. The van der Waals surface area contributed by atoms with E-state index in [-0.39, 0.29) is 12.3 Å². The van der Waals surface area contributed by atoms with Crippen molar-refractivity contribution in [1.82, 2.24) is 9.97 Å². The van der Waals surface area contributed by atoms with Crippen LogP contribution in [0.1, 0.15) is 10.5 Å². The number of anilines is 1. The van der Waals surface area contributed by atoms with E-state index in [9.17, 15) is 4.79 Å². The number of hydrogen-bond donors (Lipinski definition) is 2. The standard InChI is InChI=1S/C8H11N3O3/c1-11(2-3-12)7-4-6(8(13)14)9-5-10-7/h4-5,12H,2-3H2,1H3,(H,13,14). The SMILES string of the molecule is CN(CCO)c1cc(C(=O)O)ncn1. The third kappa shape index (κ3) is 2.40. The summed E-state index contributed by atoms with van der Waals surface area (Å²) in [5.74, 6) is -0.613. The van der Waals surface area contributed by atoms with Gasteiger partial charge < -0.3 is 15.1 Å². The van der Waals surface area contributed by atoms with Crippen LogP contribution in [-0.2, 0) is 0 Å². The van der Waals surface area contributed by atoms with Crippen LogP contribution in [0.5, 0.6) is 0 Å². The lowest BCUT2D eigenvalue weighted by atomic mass is 10.4. The number of carboxylic acid groups (broad SMARTS) is 1. The van der Waals surface area contributed by atoms with E-state index in [1.807, 2.05) is 0 Å². The van der Waals surface area contributed by atoms with Gasteiger partial charge in [0.05, 0.1) is 6.61 Å². The van der Waals surface area contributed by atoms with Crippen molar-refractivity contribution in [2.24, 2.45) is 0 Å². The molecule has 1 heterocycles. The van der Waals surface area contributed by atoms with Crippen molar-refractivity contribution >= 4 is 11.8 Å². The number of carboxylic acids is 1. The van der Waals surface area contributed by atoms with E-state index >= 15 is 0 Å². The van der Waals surface area contributed by atoms with E-state index in [0.29, 0.717) is 12.4 Å². The highest BCUT2D eigenvalue weighted by molar-refractivity contribution is 5.86. The van der Waals surface area contributed by atoms with Gasteiger partial charge >= 0.3 is 5.97 Å². The Morgan fingerprint density at radius 1 is 1.57 bits per heavy atom. The highest BCUT2D eigenvalue weighted by atomic mass is 16.4. The van der Waals surface area contributed by atoms with Crippen LogP contribution in [0.15, 0.2) is 12.4 Å². The Hall–Kier alpha value is -1.69. The first-order chi connectivity index (χ1) is 6.65. The van der Waals surface area contributed by atoms with Crippen molar-refractivity contribution in [3.8, 4) is 0 Å². The zero-order valence-corrected chi connectivity index (χ0v) is 7.71. The monoisotopic (exact) mass is 197 g/mol. The van der Waals surface area contributed by atoms with Gasteiger partial charge in [0.15, 0.2) is 5.69 Å². The lowest BCUT2D eigenvalue weighted by Crippen LogP contribution is -2.22. The maximum Gasteiger partial charge on any atom is 0.354 e. The lowest BCUT2D eigenvalue weighted by Gasteiger charge is -2.15. The summed E-state index contributed by atoms with van der Waals surface area (Å²) in [5, 5.41) is 17.3.